The molecule has 182 valence electrons. The molecule has 9 heteroatoms. The van der Waals surface area contributed by atoms with E-state index in [1.54, 1.807) is 33.8 Å². The first-order chi connectivity index (χ1) is 17.5. The van der Waals surface area contributed by atoms with Crippen LogP contribution in [-0.4, -0.2) is 72.7 Å². The number of carbonyl (C=O) groups excluding carboxylic acids is 1. The summed E-state index contributed by atoms with van der Waals surface area (Å²) in [7, 11) is 0. The summed E-state index contributed by atoms with van der Waals surface area (Å²) in [4.78, 5) is 28.7. The maximum Gasteiger partial charge on any atom is 0.407 e. The van der Waals surface area contributed by atoms with Crippen molar-refractivity contribution >= 4 is 12.0 Å². The van der Waals surface area contributed by atoms with Crippen LogP contribution in [0.1, 0.15) is 16.1 Å². The van der Waals surface area contributed by atoms with Gasteiger partial charge in [-0.15, -0.1) is 5.10 Å². The molecular formula is C27H25N5O4. The average Bonchev–Trinajstić information content (AvgIpc) is 3.35. The van der Waals surface area contributed by atoms with Crippen molar-refractivity contribution < 1.29 is 19.8 Å². The molecule has 1 fully saturated rings. The quantitative estimate of drug-likeness (QED) is 0.448. The van der Waals surface area contributed by atoms with Crippen LogP contribution in [0.4, 0.5) is 4.79 Å². The van der Waals surface area contributed by atoms with Crippen molar-refractivity contribution in [3.05, 3.63) is 96.2 Å². The maximum atomic E-state index is 14.0. The Morgan fingerprint density at radius 3 is 2.33 bits per heavy atom. The number of aromatic nitrogens is 3. The molecule has 3 aromatic carbocycles. The number of aromatic hydroxyl groups is 1. The van der Waals surface area contributed by atoms with Gasteiger partial charge in [0.15, 0.2) is 5.69 Å². The van der Waals surface area contributed by atoms with Gasteiger partial charge in [0.05, 0.1) is 11.7 Å². The first-order valence-electron chi connectivity index (χ1n) is 11.6. The van der Waals surface area contributed by atoms with Gasteiger partial charge in [0.2, 0.25) is 0 Å². The van der Waals surface area contributed by atoms with Gasteiger partial charge in [-0.05, 0) is 24.1 Å². The standard InChI is InChI=1S/C27H25N5O4/c33-23-13-7-12-21(17-23)32-25(20-10-5-2-6-11-20)24(28-29-32)26(34)31-15-14-30(27(35)36)18-22(31)16-19-8-3-1-4-9-19/h1-13,17,22,33H,14-16,18H2,(H,35,36). The SMILES string of the molecule is O=C(O)N1CCN(C(=O)c2nnn(-c3cccc(O)c3)c2-c2ccccc2)C(Cc2ccccc2)C1. The number of nitrogens with zero attached hydrogens (tertiary/aromatic N) is 5. The van der Waals surface area contributed by atoms with Crippen LogP contribution in [0.3, 0.4) is 0 Å². The third kappa shape index (κ3) is 4.63. The molecule has 1 aromatic heterocycles. The molecule has 1 unspecified atom stereocenters. The molecular weight excluding hydrogens is 458 g/mol. The molecule has 1 atom stereocenters. The number of piperazine rings is 1. The van der Waals surface area contributed by atoms with E-state index >= 15 is 0 Å². The molecule has 0 bridgehead atoms. The highest BCUT2D eigenvalue weighted by Crippen LogP contribution is 2.28. The molecule has 0 radical (unpaired) electrons. The van der Waals surface area contributed by atoms with Gasteiger partial charge in [-0.2, -0.15) is 0 Å². The molecule has 2 N–H and O–H groups in total. The Bertz CT molecular complexity index is 1370. The van der Waals surface area contributed by atoms with Gasteiger partial charge >= 0.3 is 6.09 Å². The first-order valence-corrected chi connectivity index (χ1v) is 11.6. The van der Waals surface area contributed by atoms with Gasteiger partial charge in [0.25, 0.3) is 5.91 Å². The summed E-state index contributed by atoms with van der Waals surface area (Å²) in [6.07, 6.45) is -0.488. The van der Waals surface area contributed by atoms with Crippen LogP contribution in [-0.2, 0) is 6.42 Å². The normalized spacial score (nSPS) is 15.6. The lowest BCUT2D eigenvalue weighted by atomic mass is 10.0. The fourth-order valence-corrected chi connectivity index (χ4v) is 4.58. The molecule has 0 aliphatic carbocycles. The number of carbonyl (C=O) groups is 2. The minimum absolute atomic E-state index is 0.0719. The Hall–Kier alpha value is -4.66. The number of rotatable bonds is 5. The Balaban J connectivity index is 1.55. The van der Waals surface area contributed by atoms with E-state index in [4.69, 9.17) is 0 Å². The summed E-state index contributed by atoms with van der Waals surface area (Å²) in [5, 5.41) is 28.2. The van der Waals surface area contributed by atoms with Crippen LogP contribution in [0, 0.1) is 0 Å². The molecule has 1 aliphatic heterocycles. The zero-order valence-corrected chi connectivity index (χ0v) is 19.4. The van der Waals surface area contributed by atoms with Crippen molar-refractivity contribution in [3.8, 4) is 22.7 Å². The minimum atomic E-state index is -1.00. The number of hydrogen-bond donors (Lipinski definition) is 2. The molecule has 0 saturated carbocycles. The summed E-state index contributed by atoms with van der Waals surface area (Å²) in [5.74, 6) is -0.242. The zero-order chi connectivity index (χ0) is 25.1. The maximum absolute atomic E-state index is 14.0. The summed E-state index contributed by atoms with van der Waals surface area (Å²) in [6.45, 7) is 0.668. The third-order valence-corrected chi connectivity index (χ3v) is 6.32. The number of amides is 2. The second kappa shape index (κ2) is 9.91. The van der Waals surface area contributed by atoms with Crippen molar-refractivity contribution in [1.29, 1.82) is 0 Å². The first kappa shape index (κ1) is 23.1. The monoisotopic (exact) mass is 483 g/mol. The van der Waals surface area contributed by atoms with E-state index in [-0.39, 0.29) is 43.0 Å². The average molecular weight is 484 g/mol. The molecule has 1 aliphatic rings. The largest absolute Gasteiger partial charge is 0.508 e. The van der Waals surface area contributed by atoms with Crippen molar-refractivity contribution in [1.82, 2.24) is 24.8 Å². The van der Waals surface area contributed by atoms with Crippen molar-refractivity contribution in [2.45, 2.75) is 12.5 Å². The topological polar surface area (TPSA) is 112 Å². The fourth-order valence-electron chi connectivity index (χ4n) is 4.58. The molecule has 5 rings (SSSR count). The number of phenols is 1. The van der Waals surface area contributed by atoms with Gasteiger partial charge in [0, 0.05) is 31.3 Å². The smallest absolute Gasteiger partial charge is 0.407 e. The minimum Gasteiger partial charge on any atom is -0.508 e. The Morgan fingerprint density at radius 2 is 1.64 bits per heavy atom. The summed E-state index contributed by atoms with van der Waals surface area (Å²) >= 11 is 0. The van der Waals surface area contributed by atoms with E-state index in [1.807, 2.05) is 60.7 Å². The molecule has 2 heterocycles. The van der Waals surface area contributed by atoms with Gasteiger partial charge < -0.3 is 20.0 Å². The van der Waals surface area contributed by atoms with Crippen LogP contribution in [0.2, 0.25) is 0 Å². The summed E-state index contributed by atoms with van der Waals surface area (Å²) < 4.78 is 1.54. The lowest BCUT2D eigenvalue weighted by Crippen LogP contribution is -2.57. The van der Waals surface area contributed by atoms with Crippen molar-refractivity contribution in [3.63, 3.8) is 0 Å². The summed E-state index contributed by atoms with van der Waals surface area (Å²) in [5.41, 5.74) is 3.01. The number of carboxylic acid groups (broad SMARTS) is 1. The van der Waals surface area contributed by atoms with Crippen molar-refractivity contribution in [2.24, 2.45) is 0 Å². The van der Waals surface area contributed by atoms with Crippen LogP contribution in [0.25, 0.3) is 16.9 Å². The highest BCUT2D eigenvalue weighted by atomic mass is 16.4. The third-order valence-electron chi connectivity index (χ3n) is 6.32. The second-order valence-electron chi connectivity index (χ2n) is 8.66. The Kier molecular flexibility index (Phi) is 6.36. The Morgan fingerprint density at radius 1 is 0.917 bits per heavy atom. The fraction of sp³-hybridized carbons (Fsp3) is 0.185. The highest BCUT2D eigenvalue weighted by molar-refractivity contribution is 5.98. The van der Waals surface area contributed by atoms with Gasteiger partial charge in [-0.1, -0.05) is 71.9 Å². The number of hydrogen-bond acceptors (Lipinski definition) is 5. The molecule has 1 saturated heterocycles. The number of benzene rings is 3. The van der Waals surface area contributed by atoms with Crippen LogP contribution < -0.4 is 0 Å². The van der Waals surface area contributed by atoms with Crippen LogP contribution in [0.5, 0.6) is 5.75 Å². The van der Waals surface area contributed by atoms with Gasteiger partial charge in [-0.3, -0.25) is 4.79 Å². The van der Waals surface area contributed by atoms with Gasteiger partial charge in [0.1, 0.15) is 11.4 Å². The molecule has 0 spiro atoms. The Labute approximate surface area is 207 Å². The molecule has 9 nitrogen and oxygen atoms in total. The zero-order valence-electron chi connectivity index (χ0n) is 19.4. The van der Waals surface area contributed by atoms with E-state index in [2.05, 4.69) is 10.3 Å². The second-order valence-corrected chi connectivity index (χ2v) is 8.66. The molecule has 2 amide bonds. The lowest BCUT2D eigenvalue weighted by molar-refractivity contribution is 0.0446. The van der Waals surface area contributed by atoms with Gasteiger partial charge in [-0.25, -0.2) is 9.48 Å². The van der Waals surface area contributed by atoms with Crippen LogP contribution >= 0.6 is 0 Å². The van der Waals surface area contributed by atoms with E-state index in [1.165, 1.54) is 4.90 Å². The van der Waals surface area contributed by atoms with Crippen molar-refractivity contribution in [2.75, 3.05) is 19.6 Å². The number of phenolic OH excluding ortho intramolecular Hbond substituents is 1. The predicted octanol–water partition coefficient (Wildman–Crippen LogP) is 3.69. The summed E-state index contributed by atoms with van der Waals surface area (Å²) in [6, 6.07) is 25.3. The predicted molar refractivity (Wildman–Crippen MR) is 133 cm³/mol. The molecule has 36 heavy (non-hydrogen) atoms. The van der Waals surface area contributed by atoms with E-state index in [0.717, 1.165) is 11.1 Å². The van der Waals surface area contributed by atoms with E-state index < -0.39 is 6.09 Å². The lowest BCUT2D eigenvalue weighted by Gasteiger charge is -2.40. The highest BCUT2D eigenvalue weighted by Gasteiger charge is 2.36. The van der Waals surface area contributed by atoms with E-state index in [9.17, 15) is 19.8 Å². The van der Waals surface area contributed by atoms with Crippen LogP contribution in [0.15, 0.2) is 84.9 Å². The van der Waals surface area contributed by atoms with E-state index in [0.29, 0.717) is 17.8 Å². The molecule has 4 aromatic rings.